The van der Waals surface area contributed by atoms with Gasteiger partial charge in [0.15, 0.2) is 0 Å². The lowest BCUT2D eigenvalue weighted by molar-refractivity contribution is -0.121. The van der Waals surface area contributed by atoms with Crippen LogP contribution in [-0.2, 0) is 18.3 Å². The van der Waals surface area contributed by atoms with Crippen LogP contribution in [0.5, 0.6) is 0 Å². The van der Waals surface area contributed by atoms with Crippen molar-refractivity contribution in [3.63, 3.8) is 0 Å². The van der Waals surface area contributed by atoms with Crippen molar-refractivity contribution in [2.45, 2.75) is 45.1 Å². The van der Waals surface area contributed by atoms with Gasteiger partial charge < -0.3 is 10.4 Å². The molecule has 4 aromatic rings. The number of anilines is 1. The highest BCUT2D eigenvalue weighted by atomic mass is 16.3. The lowest BCUT2D eigenvalue weighted by Crippen LogP contribution is -2.30. The average Bonchev–Trinajstić information content (AvgIpc) is 3.50. The summed E-state index contributed by atoms with van der Waals surface area (Å²) in [6.07, 6.45) is 7.60. The van der Waals surface area contributed by atoms with Gasteiger partial charge in [0.05, 0.1) is 17.5 Å². The molecule has 0 aliphatic carbocycles. The quantitative estimate of drug-likeness (QED) is 0.279. The standard InChI is InChI=1S/C29H34N6O3/c1-29(2,38)15-16-30-26(36)14-8-11-24-20-35(25-12-5-4-6-13-25)28(32-24)33-27(37)22-10-7-9-21(17-22)23-18-31-34(3)19-23/h4-7,9-10,12-13,17-20,38H,8,11,14-16H2,1-3H3,(H,30,36)(H,32,33,37). The number of rotatable bonds is 11. The van der Waals surface area contributed by atoms with Crippen molar-refractivity contribution in [3.8, 4) is 16.8 Å². The van der Waals surface area contributed by atoms with E-state index in [2.05, 4.69) is 20.7 Å². The molecule has 9 heteroatoms. The van der Waals surface area contributed by atoms with Crippen molar-refractivity contribution in [1.82, 2.24) is 24.6 Å². The first kappa shape index (κ1) is 26.8. The monoisotopic (exact) mass is 514 g/mol. The van der Waals surface area contributed by atoms with Gasteiger partial charge in [0.2, 0.25) is 11.9 Å². The number of amides is 2. The van der Waals surface area contributed by atoms with Crippen molar-refractivity contribution in [3.05, 3.63) is 84.4 Å². The van der Waals surface area contributed by atoms with Gasteiger partial charge in [0.1, 0.15) is 0 Å². The molecule has 0 aliphatic rings. The van der Waals surface area contributed by atoms with Crippen LogP contribution >= 0.6 is 0 Å². The van der Waals surface area contributed by atoms with Crippen molar-refractivity contribution in [1.29, 1.82) is 0 Å². The zero-order chi connectivity index (χ0) is 27.1. The number of carbonyl (C=O) groups is 2. The summed E-state index contributed by atoms with van der Waals surface area (Å²) >= 11 is 0. The van der Waals surface area contributed by atoms with E-state index in [-0.39, 0.29) is 11.8 Å². The molecule has 0 bridgehead atoms. The minimum atomic E-state index is -0.807. The molecule has 2 aromatic heterocycles. The summed E-state index contributed by atoms with van der Waals surface area (Å²) in [7, 11) is 1.85. The molecule has 198 valence electrons. The van der Waals surface area contributed by atoms with E-state index in [9.17, 15) is 14.7 Å². The van der Waals surface area contributed by atoms with Gasteiger partial charge in [-0.3, -0.25) is 24.2 Å². The molecule has 9 nitrogen and oxygen atoms in total. The Labute approximate surface area is 222 Å². The second-order valence-corrected chi connectivity index (χ2v) is 9.96. The smallest absolute Gasteiger partial charge is 0.258 e. The number of aromatic nitrogens is 4. The molecule has 0 saturated heterocycles. The van der Waals surface area contributed by atoms with E-state index in [1.165, 1.54) is 0 Å². The SMILES string of the molecule is Cn1cc(-c2cccc(C(=O)Nc3nc(CCCC(=O)NCCC(C)(C)O)cn3-c3ccccc3)c2)cn1. The predicted molar refractivity (Wildman–Crippen MR) is 147 cm³/mol. The molecule has 0 saturated carbocycles. The number of carbonyl (C=O) groups excluding carboxylic acids is 2. The Morgan fingerprint density at radius 3 is 2.53 bits per heavy atom. The molecule has 4 rings (SSSR count). The fourth-order valence-electron chi connectivity index (χ4n) is 4.03. The lowest BCUT2D eigenvalue weighted by Gasteiger charge is -2.16. The largest absolute Gasteiger partial charge is 0.390 e. The van der Waals surface area contributed by atoms with Gasteiger partial charge in [0, 0.05) is 49.2 Å². The molecule has 2 aromatic carbocycles. The van der Waals surface area contributed by atoms with Crippen LogP contribution in [-0.4, -0.2) is 48.4 Å². The fourth-order valence-corrected chi connectivity index (χ4v) is 4.03. The maximum atomic E-state index is 13.2. The molecule has 38 heavy (non-hydrogen) atoms. The van der Waals surface area contributed by atoms with Gasteiger partial charge >= 0.3 is 0 Å². The molecule has 0 unspecified atom stereocenters. The highest BCUT2D eigenvalue weighted by molar-refractivity contribution is 6.04. The predicted octanol–water partition coefficient (Wildman–Crippen LogP) is 4.13. The first-order valence-electron chi connectivity index (χ1n) is 12.7. The van der Waals surface area contributed by atoms with Crippen LogP contribution in [0.2, 0.25) is 0 Å². The second kappa shape index (κ2) is 11.9. The summed E-state index contributed by atoms with van der Waals surface area (Å²) in [6.45, 7) is 3.87. The van der Waals surface area contributed by atoms with Crippen molar-refractivity contribution < 1.29 is 14.7 Å². The topological polar surface area (TPSA) is 114 Å². The molecule has 0 fully saturated rings. The molecule has 3 N–H and O–H groups in total. The summed E-state index contributed by atoms with van der Waals surface area (Å²) in [6, 6.07) is 17.1. The van der Waals surface area contributed by atoms with Gasteiger partial charge in [-0.2, -0.15) is 5.10 Å². The summed E-state index contributed by atoms with van der Waals surface area (Å²) < 4.78 is 3.57. The molecule has 2 heterocycles. The molecular formula is C29H34N6O3. The summed E-state index contributed by atoms with van der Waals surface area (Å²) in [5.41, 5.74) is 3.18. The zero-order valence-electron chi connectivity index (χ0n) is 22.0. The third-order valence-electron chi connectivity index (χ3n) is 6.07. The van der Waals surface area contributed by atoms with Crippen LogP contribution < -0.4 is 10.6 Å². The highest BCUT2D eigenvalue weighted by Crippen LogP contribution is 2.22. The third-order valence-corrected chi connectivity index (χ3v) is 6.07. The summed E-state index contributed by atoms with van der Waals surface area (Å²) in [5.74, 6) is 0.0904. The van der Waals surface area contributed by atoms with Gasteiger partial charge in [0.25, 0.3) is 5.91 Å². The van der Waals surface area contributed by atoms with Crippen molar-refractivity contribution >= 4 is 17.8 Å². The van der Waals surface area contributed by atoms with E-state index in [1.54, 1.807) is 30.8 Å². The Kier molecular flexibility index (Phi) is 8.38. The number of hydrogen-bond acceptors (Lipinski definition) is 5. The van der Waals surface area contributed by atoms with Crippen LogP contribution in [0.3, 0.4) is 0 Å². The Balaban J connectivity index is 1.45. The maximum absolute atomic E-state index is 13.2. The van der Waals surface area contributed by atoms with Crippen LogP contribution in [0.15, 0.2) is 73.2 Å². The minimum absolute atomic E-state index is 0.0567. The molecule has 0 aliphatic heterocycles. The first-order valence-corrected chi connectivity index (χ1v) is 12.7. The number of aryl methyl sites for hydroxylation is 2. The van der Waals surface area contributed by atoms with Crippen LogP contribution in [0.25, 0.3) is 16.8 Å². The number of para-hydroxylation sites is 1. The summed E-state index contributed by atoms with van der Waals surface area (Å²) in [5, 5.41) is 19.8. The van der Waals surface area contributed by atoms with Crippen LogP contribution in [0.4, 0.5) is 5.95 Å². The van der Waals surface area contributed by atoms with E-state index in [1.807, 2.05) is 72.5 Å². The normalized spacial score (nSPS) is 11.4. The minimum Gasteiger partial charge on any atom is -0.390 e. The van der Waals surface area contributed by atoms with E-state index in [0.29, 0.717) is 43.7 Å². The maximum Gasteiger partial charge on any atom is 0.258 e. The molecule has 0 spiro atoms. The van der Waals surface area contributed by atoms with Gasteiger partial charge in [-0.15, -0.1) is 0 Å². The highest BCUT2D eigenvalue weighted by Gasteiger charge is 2.16. The van der Waals surface area contributed by atoms with E-state index in [4.69, 9.17) is 0 Å². The van der Waals surface area contributed by atoms with Crippen molar-refractivity contribution in [2.75, 3.05) is 11.9 Å². The van der Waals surface area contributed by atoms with E-state index in [0.717, 1.165) is 22.5 Å². The van der Waals surface area contributed by atoms with Crippen molar-refractivity contribution in [2.24, 2.45) is 7.05 Å². The number of imidazole rings is 1. The van der Waals surface area contributed by atoms with Crippen LogP contribution in [0, 0.1) is 0 Å². The Morgan fingerprint density at radius 2 is 1.82 bits per heavy atom. The second-order valence-electron chi connectivity index (χ2n) is 9.96. The van der Waals surface area contributed by atoms with Gasteiger partial charge in [-0.25, -0.2) is 4.98 Å². The lowest BCUT2D eigenvalue weighted by atomic mass is 10.1. The molecule has 2 amide bonds. The number of nitrogens with zero attached hydrogens (tertiary/aromatic N) is 4. The van der Waals surface area contributed by atoms with Crippen LogP contribution in [0.1, 0.15) is 49.2 Å². The fraction of sp³-hybridized carbons (Fsp3) is 0.310. The average molecular weight is 515 g/mol. The Bertz CT molecular complexity index is 1380. The Morgan fingerprint density at radius 1 is 1.03 bits per heavy atom. The third kappa shape index (κ3) is 7.39. The zero-order valence-corrected chi connectivity index (χ0v) is 22.0. The van der Waals surface area contributed by atoms with E-state index < -0.39 is 5.60 Å². The van der Waals surface area contributed by atoms with E-state index >= 15 is 0 Å². The van der Waals surface area contributed by atoms with Gasteiger partial charge in [-0.05, 0) is 62.9 Å². The first-order chi connectivity index (χ1) is 18.2. The number of aliphatic hydroxyl groups is 1. The summed E-state index contributed by atoms with van der Waals surface area (Å²) in [4.78, 5) is 30.1. The number of hydrogen-bond donors (Lipinski definition) is 3. The number of nitrogens with one attached hydrogen (secondary N) is 2. The number of benzene rings is 2. The Hall–Kier alpha value is -4.24. The van der Waals surface area contributed by atoms with Gasteiger partial charge in [-0.1, -0.05) is 30.3 Å². The molecule has 0 atom stereocenters. The molecule has 0 radical (unpaired) electrons. The molecular weight excluding hydrogens is 480 g/mol.